The van der Waals surface area contributed by atoms with E-state index in [-0.39, 0.29) is 16.1 Å². The van der Waals surface area contributed by atoms with Gasteiger partial charge in [-0.15, -0.1) is 0 Å². The molecule has 0 aliphatic heterocycles. The number of nitro benzene ring substituents is 1. The Labute approximate surface area is 128 Å². The van der Waals surface area contributed by atoms with Gasteiger partial charge in [0.15, 0.2) is 0 Å². The minimum Gasteiger partial charge on any atom is -0.263 e. The van der Waals surface area contributed by atoms with Crippen molar-refractivity contribution in [2.45, 2.75) is 25.7 Å². The zero-order valence-electron chi connectivity index (χ0n) is 12.6. The SMILES string of the molecule is Cc1nn(C)c(NS(=O)(=O)c2cccc([N+](=O)[O-])c2C)c1C. The van der Waals surface area contributed by atoms with Crippen LogP contribution >= 0.6 is 0 Å². The number of benzene rings is 1. The number of hydrogen-bond acceptors (Lipinski definition) is 5. The van der Waals surface area contributed by atoms with Crippen LogP contribution in [0.4, 0.5) is 11.5 Å². The second-order valence-electron chi connectivity index (χ2n) is 4.95. The molecule has 0 aliphatic carbocycles. The number of aryl methyl sites for hydroxylation is 2. The maximum atomic E-state index is 12.5. The van der Waals surface area contributed by atoms with Crippen molar-refractivity contribution in [1.82, 2.24) is 9.78 Å². The summed E-state index contributed by atoms with van der Waals surface area (Å²) in [6.45, 7) is 4.93. The van der Waals surface area contributed by atoms with E-state index in [0.717, 1.165) is 0 Å². The lowest BCUT2D eigenvalue weighted by atomic mass is 10.2. The minimum absolute atomic E-state index is 0.0940. The third-order valence-electron chi connectivity index (χ3n) is 3.49. The first-order chi connectivity index (χ1) is 10.1. The van der Waals surface area contributed by atoms with Crippen LogP contribution in [0.25, 0.3) is 0 Å². The summed E-state index contributed by atoms with van der Waals surface area (Å²) in [5.41, 5.74) is 1.27. The van der Waals surface area contributed by atoms with Crippen molar-refractivity contribution >= 4 is 21.5 Å². The van der Waals surface area contributed by atoms with E-state index in [0.29, 0.717) is 17.1 Å². The van der Waals surface area contributed by atoms with Gasteiger partial charge in [-0.1, -0.05) is 6.07 Å². The second-order valence-corrected chi connectivity index (χ2v) is 6.60. The molecule has 0 bridgehead atoms. The van der Waals surface area contributed by atoms with E-state index in [1.807, 2.05) is 0 Å². The van der Waals surface area contributed by atoms with Crippen LogP contribution in [0, 0.1) is 30.9 Å². The first-order valence-corrected chi connectivity index (χ1v) is 7.90. The molecule has 1 aromatic carbocycles. The molecule has 0 saturated heterocycles. The topological polar surface area (TPSA) is 107 Å². The summed E-state index contributed by atoms with van der Waals surface area (Å²) in [6.07, 6.45) is 0. The van der Waals surface area contributed by atoms with Crippen LogP contribution in [-0.4, -0.2) is 23.1 Å². The van der Waals surface area contributed by atoms with E-state index in [9.17, 15) is 18.5 Å². The fraction of sp³-hybridized carbons (Fsp3) is 0.308. The van der Waals surface area contributed by atoms with Crippen molar-refractivity contribution in [1.29, 1.82) is 0 Å². The summed E-state index contributed by atoms with van der Waals surface area (Å²) in [7, 11) is -2.32. The number of hydrogen-bond donors (Lipinski definition) is 1. The number of aromatic nitrogens is 2. The number of sulfonamides is 1. The van der Waals surface area contributed by atoms with Crippen LogP contribution in [0.2, 0.25) is 0 Å². The largest absolute Gasteiger partial charge is 0.273 e. The molecule has 0 fully saturated rings. The molecule has 1 heterocycles. The second kappa shape index (κ2) is 5.41. The standard InChI is InChI=1S/C13H16N4O4S/c1-8-10(3)14-16(4)13(8)15-22(20,21)12-7-5-6-11(9(12)2)17(18)19/h5-7,15H,1-4H3. The number of anilines is 1. The predicted molar refractivity (Wildman–Crippen MR) is 81.3 cm³/mol. The number of nitrogens with zero attached hydrogens (tertiary/aromatic N) is 3. The van der Waals surface area contributed by atoms with Crippen LogP contribution in [-0.2, 0) is 17.1 Å². The third kappa shape index (κ3) is 2.67. The molecular weight excluding hydrogens is 308 g/mol. The average Bonchev–Trinajstić information content (AvgIpc) is 2.65. The maximum absolute atomic E-state index is 12.5. The Balaban J connectivity index is 2.52. The van der Waals surface area contributed by atoms with Gasteiger partial charge < -0.3 is 0 Å². The summed E-state index contributed by atoms with van der Waals surface area (Å²) in [6, 6.07) is 3.96. The first-order valence-electron chi connectivity index (χ1n) is 6.42. The van der Waals surface area contributed by atoms with E-state index in [1.165, 1.54) is 29.8 Å². The van der Waals surface area contributed by atoms with Crippen LogP contribution in [0.3, 0.4) is 0 Å². The molecule has 2 rings (SSSR count). The summed E-state index contributed by atoms with van der Waals surface area (Å²) >= 11 is 0. The molecule has 1 N–H and O–H groups in total. The van der Waals surface area contributed by atoms with E-state index >= 15 is 0 Å². The van der Waals surface area contributed by atoms with E-state index in [2.05, 4.69) is 9.82 Å². The molecule has 118 valence electrons. The molecule has 0 unspecified atom stereocenters. The lowest BCUT2D eigenvalue weighted by Gasteiger charge is -2.11. The van der Waals surface area contributed by atoms with Gasteiger partial charge >= 0.3 is 0 Å². The van der Waals surface area contributed by atoms with Gasteiger partial charge in [0, 0.05) is 24.2 Å². The normalized spacial score (nSPS) is 11.5. The number of rotatable bonds is 4. The molecule has 0 amide bonds. The third-order valence-corrected chi connectivity index (χ3v) is 4.98. The minimum atomic E-state index is -3.95. The van der Waals surface area contributed by atoms with Crippen molar-refractivity contribution in [3.05, 3.63) is 45.1 Å². The van der Waals surface area contributed by atoms with Gasteiger partial charge in [0.05, 0.1) is 15.5 Å². The van der Waals surface area contributed by atoms with Gasteiger partial charge in [-0.2, -0.15) is 5.10 Å². The zero-order chi connectivity index (χ0) is 16.7. The van der Waals surface area contributed by atoms with Crippen molar-refractivity contribution < 1.29 is 13.3 Å². The van der Waals surface area contributed by atoms with E-state index in [4.69, 9.17) is 0 Å². The van der Waals surface area contributed by atoms with Gasteiger partial charge in [-0.3, -0.25) is 19.5 Å². The highest BCUT2D eigenvalue weighted by molar-refractivity contribution is 7.92. The summed E-state index contributed by atoms with van der Waals surface area (Å²) in [4.78, 5) is 10.2. The lowest BCUT2D eigenvalue weighted by Crippen LogP contribution is -2.17. The van der Waals surface area contributed by atoms with Crippen LogP contribution < -0.4 is 4.72 Å². The Hall–Kier alpha value is -2.42. The van der Waals surface area contributed by atoms with Gasteiger partial charge in [0.1, 0.15) is 5.82 Å². The molecule has 8 nitrogen and oxygen atoms in total. The Morgan fingerprint density at radius 2 is 1.86 bits per heavy atom. The first kappa shape index (κ1) is 16.0. The van der Waals surface area contributed by atoms with Crippen LogP contribution in [0.15, 0.2) is 23.1 Å². The molecule has 0 spiro atoms. The predicted octanol–water partition coefficient (Wildman–Crippen LogP) is 2.05. The molecule has 1 aromatic heterocycles. The molecule has 0 aliphatic rings. The van der Waals surface area contributed by atoms with Crippen molar-refractivity contribution in [3.63, 3.8) is 0 Å². The Kier molecular flexibility index (Phi) is 3.92. The summed E-state index contributed by atoms with van der Waals surface area (Å²) < 4.78 is 28.9. The monoisotopic (exact) mass is 324 g/mol. The lowest BCUT2D eigenvalue weighted by molar-refractivity contribution is -0.385. The molecule has 0 atom stereocenters. The van der Waals surface area contributed by atoms with Crippen LogP contribution in [0.5, 0.6) is 0 Å². The van der Waals surface area contributed by atoms with E-state index < -0.39 is 14.9 Å². The molecule has 0 saturated carbocycles. The summed E-state index contributed by atoms with van der Waals surface area (Å²) in [5, 5.41) is 15.1. The maximum Gasteiger partial charge on any atom is 0.273 e. The van der Waals surface area contributed by atoms with Gasteiger partial charge in [0.2, 0.25) is 0 Å². The van der Waals surface area contributed by atoms with Gasteiger partial charge in [-0.05, 0) is 26.8 Å². The van der Waals surface area contributed by atoms with Crippen molar-refractivity contribution in [2.75, 3.05) is 4.72 Å². The highest BCUT2D eigenvalue weighted by Crippen LogP contribution is 2.27. The van der Waals surface area contributed by atoms with E-state index in [1.54, 1.807) is 20.9 Å². The fourth-order valence-corrected chi connectivity index (χ4v) is 3.60. The fourth-order valence-electron chi connectivity index (χ4n) is 2.18. The van der Waals surface area contributed by atoms with Crippen LogP contribution in [0.1, 0.15) is 16.8 Å². The number of nitrogens with one attached hydrogen (secondary N) is 1. The molecular formula is C13H16N4O4S. The molecule has 0 radical (unpaired) electrons. The van der Waals surface area contributed by atoms with Crippen molar-refractivity contribution in [3.8, 4) is 0 Å². The zero-order valence-corrected chi connectivity index (χ0v) is 13.4. The molecule has 22 heavy (non-hydrogen) atoms. The average molecular weight is 324 g/mol. The highest BCUT2D eigenvalue weighted by atomic mass is 32.2. The summed E-state index contributed by atoms with van der Waals surface area (Å²) in [5.74, 6) is 0.336. The Morgan fingerprint density at radius 3 is 2.36 bits per heavy atom. The van der Waals surface area contributed by atoms with Gasteiger partial charge in [0.25, 0.3) is 15.7 Å². The number of nitro groups is 1. The quantitative estimate of drug-likeness (QED) is 0.684. The Bertz CT molecular complexity index is 855. The van der Waals surface area contributed by atoms with Gasteiger partial charge in [-0.25, -0.2) is 8.42 Å². The highest BCUT2D eigenvalue weighted by Gasteiger charge is 2.24. The smallest absolute Gasteiger partial charge is 0.263 e. The molecule has 9 heteroatoms. The Morgan fingerprint density at radius 1 is 1.23 bits per heavy atom. The van der Waals surface area contributed by atoms with Crippen molar-refractivity contribution in [2.24, 2.45) is 7.05 Å². The molecule has 2 aromatic rings.